The number of carbonyl (C=O) groups excluding carboxylic acids is 1. The summed E-state index contributed by atoms with van der Waals surface area (Å²) in [6, 6.07) is 0.137. The Morgan fingerprint density at radius 3 is 2.53 bits per heavy atom. The number of ether oxygens (including phenoxy) is 1. The Kier molecular flexibility index (Phi) is 5.40. The Bertz CT molecular complexity index is 248. The van der Waals surface area contributed by atoms with E-state index in [0.717, 1.165) is 0 Å². The standard InChI is InChI=1S/C13H26N2O2/c1-13(2,17-3)8-12(16)15-11(9-14)10-6-4-5-7-10/h10-11H,4-9,14H2,1-3H3,(H,15,16). The number of methoxy groups -OCH3 is 1. The van der Waals surface area contributed by atoms with Gasteiger partial charge >= 0.3 is 0 Å². The molecule has 100 valence electrons. The van der Waals surface area contributed by atoms with Crippen LogP contribution in [0.25, 0.3) is 0 Å². The van der Waals surface area contributed by atoms with E-state index in [1.54, 1.807) is 7.11 Å². The van der Waals surface area contributed by atoms with E-state index in [2.05, 4.69) is 5.32 Å². The Morgan fingerprint density at radius 2 is 2.06 bits per heavy atom. The summed E-state index contributed by atoms with van der Waals surface area (Å²) in [6.07, 6.45) is 5.29. The second-order valence-electron chi connectivity index (χ2n) is 5.59. The summed E-state index contributed by atoms with van der Waals surface area (Å²) in [6.45, 7) is 4.36. The van der Waals surface area contributed by atoms with Gasteiger partial charge in [-0.05, 0) is 32.6 Å². The molecule has 1 amide bonds. The van der Waals surface area contributed by atoms with Crippen LogP contribution < -0.4 is 11.1 Å². The lowest BCUT2D eigenvalue weighted by molar-refractivity contribution is -0.127. The predicted molar refractivity (Wildman–Crippen MR) is 68.6 cm³/mol. The first-order valence-corrected chi connectivity index (χ1v) is 6.53. The quantitative estimate of drug-likeness (QED) is 0.740. The van der Waals surface area contributed by atoms with Crippen LogP contribution in [0.15, 0.2) is 0 Å². The van der Waals surface area contributed by atoms with E-state index >= 15 is 0 Å². The highest BCUT2D eigenvalue weighted by atomic mass is 16.5. The van der Waals surface area contributed by atoms with Gasteiger partial charge in [-0.3, -0.25) is 4.79 Å². The van der Waals surface area contributed by atoms with E-state index in [1.165, 1.54) is 25.7 Å². The number of hydrogen-bond acceptors (Lipinski definition) is 3. The highest BCUT2D eigenvalue weighted by Gasteiger charge is 2.27. The van der Waals surface area contributed by atoms with Gasteiger partial charge in [0.25, 0.3) is 0 Å². The van der Waals surface area contributed by atoms with E-state index in [-0.39, 0.29) is 11.9 Å². The maximum atomic E-state index is 11.9. The van der Waals surface area contributed by atoms with Gasteiger partial charge in [0, 0.05) is 19.7 Å². The zero-order valence-electron chi connectivity index (χ0n) is 11.3. The lowest BCUT2D eigenvalue weighted by atomic mass is 9.97. The van der Waals surface area contributed by atoms with Crippen molar-refractivity contribution in [3.63, 3.8) is 0 Å². The number of hydrogen-bond donors (Lipinski definition) is 2. The SMILES string of the molecule is COC(C)(C)CC(=O)NC(CN)C1CCCC1. The molecular formula is C13H26N2O2. The molecule has 1 saturated carbocycles. The first-order chi connectivity index (χ1) is 7.98. The van der Waals surface area contributed by atoms with E-state index < -0.39 is 5.60 Å². The van der Waals surface area contributed by atoms with Gasteiger partial charge in [0.15, 0.2) is 0 Å². The Morgan fingerprint density at radius 1 is 1.47 bits per heavy atom. The van der Waals surface area contributed by atoms with Crippen LogP contribution in [0, 0.1) is 5.92 Å². The van der Waals surface area contributed by atoms with Crippen LogP contribution in [0.1, 0.15) is 46.0 Å². The molecule has 3 N–H and O–H groups in total. The van der Waals surface area contributed by atoms with Crippen molar-refractivity contribution >= 4 is 5.91 Å². The molecule has 1 atom stereocenters. The smallest absolute Gasteiger partial charge is 0.223 e. The molecule has 0 aromatic carbocycles. The number of nitrogens with two attached hydrogens (primary N) is 1. The normalized spacial score (nSPS) is 19.3. The summed E-state index contributed by atoms with van der Waals surface area (Å²) in [5.41, 5.74) is 5.35. The summed E-state index contributed by atoms with van der Waals surface area (Å²) in [5.74, 6) is 0.605. The zero-order valence-corrected chi connectivity index (χ0v) is 11.3. The third kappa shape index (κ3) is 4.64. The largest absolute Gasteiger partial charge is 0.378 e. The van der Waals surface area contributed by atoms with Crippen molar-refractivity contribution in [2.24, 2.45) is 11.7 Å². The summed E-state index contributed by atoms with van der Waals surface area (Å²) >= 11 is 0. The third-order valence-electron chi connectivity index (χ3n) is 3.71. The Hall–Kier alpha value is -0.610. The lowest BCUT2D eigenvalue weighted by Crippen LogP contribution is -2.46. The second kappa shape index (κ2) is 6.36. The maximum Gasteiger partial charge on any atom is 0.223 e. The molecule has 0 aliphatic heterocycles. The predicted octanol–water partition coefficient (Wildman–Crippen LogP) is 1.44. The fourth-order valence-electron chi connectivity index (χ4n) is 2.45. The lowest BCUT2D eigenvalue weighted by Gasteiger charge is -2.26. The molecule has 4 nitrogen and oxygen atoms in total. The molecule has 1 rings (SSSR count). The minimum Gasteiger partial charge on any atom is -0.378 e. The molecular weight excluding hydrogens is 216 g/mol. The van der Waals surface area contributed by atoms with E-state index in [4.69, 9.17) is 10.5 Å². The van der Waals surface area contributed by atoms with Crippen molar-refractivity contribution in [1.82, 2.24) is 5.32 Å². The maximum absolute atomic E-state index is 11.9. The van der Waals surface area contributed by atoms with Gasteiger partial charge < -0.3 is 15.8 Å². The van der Waals surface area contributed by atoms with Crippen molar-refractivity contribution in [1.29, 1.82) is 0 Å². The van der Waals surface area contributed by atoms with Crippen LogP contribution in [0.5, 0.6) is 0 Å². The number of rotatable bonds is 6. The van der Waals surface area contributed by atoms with Crippen molar-refractivity contribution in [3.8, 4) is 0 Å². The first-order valence-electron chi connectivity index (χ1n) is 6.53. The first kappa shape index (κ1) is 14.5. The summed E-state index contributed by atoms with van der Waals surface area (Å²) in [4.78, 5) is 11.9. The fourth-order valence-corrected chi connectivity index (χ4v) is 2.45. The van der Waals surface area contributed by atoms with Gasteiger partial charge in [-0.25, -0.2) is 0 Å². The topological polar surface area (TPSA) is 64.3 Å². The van der Waals surface area contributed by atoms with Crippen molar-refractivity contribution in [2.75, 3.05) is 13.7 Å². The second-order valence-corrected chi connectivity index (χ2v) is 5.59. The van der Waals surface area contributed by atoms with Crippen LogP contribution >= 0.6 is 0 Å². The highest BCUT2D eigenvalue weighted by molar-refractivity contribution is 5.77. The average molecular weight is 242 g/mol. The van der Waals surface area contributed by atoms with E-state index in [0.29, 0.717) is 18.9 Å². The molecule has 0 radical (unpaired) electrons. The van der Waals surface area contributed by atoms with Crippen LogP contribution in [-0.4, -0.2) is 31.2 Å². The van der Waals surface area contributed by atoms with Gasteiger partial charge in [-0.1, -0.05) is 12.8 Å². The van der Waals surface area contributed by atoms with E-state index in [1.807, 2.05) is 13.8 Å². The molecule has 0 bridgehead atoms. The van der Waals surface area contributed by atoms with Gasteiger partial charge in [-0.2, -0.15) is 0 Å². The summed E-state index contributed by atoms with van der Waals surface area (Å²) in [5, 5.41) is 3.06. The van der Waals surface area contributed by atoms with Crippen LogP contribution in [0.3, 0.4) is 0 Å². The van der Waals surface area contributed by atoms with Gasteiger partial charge in [0.1, 0.15) is 0 Å². The Balaban J connectivity index is 2.42. The molecule has 0 heterocycles. The molecule has 1 aliphatic rings. The van der Waals surface area contributed by atoms with Crippen molar-refractivity contribution in [3.05, 3.63) is 0 Å². The zero-order chi connectivity index (χ0) is 12.9. The summed E-state index contributed by atoms with van der Waals surface area (Å²) < 4.78 is 5.26. The molecule has 1 unspecified atom stereocenters. The number of carbonyl (C=O) groups is 1. The third-order valence-corrected chi connectivity index (χ3v) is 3.71. The molecule has 0 aromatic heterocycles. The molecule has 0 spiro atoms. The molecule has 0 saturated heterocycles. The van der Waals surface area contributed by atoms with Gasteiger partial charge in [-0.15, -0.1) is 0 Å². The molecule has 1 fully saturated rings. The highest BCUT2D eigenvalue weighted by Crippen LogP contribution is 2.27. The minimum absolute atomic E-state index is 0.0409. The monoisotopic (exact) mass is 242 g/mol. The van der Waals surface area contributed by atoms with E-state index in [9.17, 15) is 4.79 Å². The van der Waals surface area contributed by atoms with Crippen LogP contribution in [-0.2, 0) is 9.53 Å². The van der Waals surface area contributed by atoms with Gasteiger partial charge in [0.2, 0.25) is 5.91 Å². The molecule has 0 aromatic rings. The van der Waals surface area contributed by atoms with Crippen LogP contribution in [0.2, 0.25) is 0 Å². The molecule has 17 heavy (non-hydrogen) atoms. The molecule has 4 heteroatoms. The van der Waals surface area contributed by atoms with Crippen molar-refractivity contribution in [2.45, 2.75) is 57.6 Å². The van der Waals surface area contributed by atoms with Crippen molar-refractivity contribution < 1.29 is 9.53 Å². The minimum atomic E-state index is -0.404. The van der Waals surface area contributed by atoms with Gasteiger partial charge in [0.05, 0.1) is 12.0 Å². The average Bonchev–Trinajstić information content (AvgIpc) is 2.78. The Labute approximate surface area is 104 Å². The number of amides is 1. The summed E-state index contributed by atoms with van der Waals surface area (Å²) in [7, 11) is 1.63. The van der Waals surface area contributed by atoms with Crippen LogP contribution in [0.4, 0.5) is 0 Å². The molecule has 1 aliphatic carbocycles. The number of nitrogens with one attached hydrogen (secondary N) is 1. The fraction of sp³-hybridized carbons (Fsp3) is 0.923.